The van der Waals surface area contributed by atoms with Gasteiger partial charge in [0, 0.05) is 50.2 Å². The molecule has 0 spiro atoms. The molecule has 31 heavy (non-hydrogen) atoms. The number of rotatable bonds is 8. The zero-order chi connectivity index (χ0) is 22.6. The maximum absolute atomic E-state index is 12.6. The van der Waals surface area contributed by atoms with Gasteiger partial charge in [-0.15, -0.1) is 11.3 Å². The summed E-state index contributed by atoms with van der Waals surface area (Å²) in [7, 11) is -3.42. The average Bonchev–Trinajstić information content (AvgIpc) is 3.19. The highest BCUT2D eigenvalue weighted by Crippen LogP contribution is 2.26. The van der Waals surface area contributed by atoms with E-state index in [1.807, 2.05) is 30.2 Å². The summed E-state index contributed by atoms with van der Waals surface area (Å²) in [6.45, 7) is 10.8. The van der Waals surface area contributed by atoms with E-state index < -0.39 is 10.2 Å². The quantitative estimate of drug-likeness (QED) is 0.648. The monoisotopic (exact) mass is 465 g/mol. The van der Waals surface area contributed by atoms with E-state index in [0.29, 0.717) is 44.4 Å². The van der Waals surface area contributed by atoms with Crippen molar-refractivity contribution < 1.29 is 13.2 Å². The van der Waals surface area contributed by atoms with Crippen LogP contribution in [0.1, 0.15) is 25.0 Å². The van der Waals surface area contributed by atoms with Crippen molar-refractivity contribution in [1.29, 1.82) is 0 Å². The second-order valence-corrected chi connectivity index (χ2v) is 10.4. The van der Waals surface area contributed by atoms with E-state index >= 15 is 0 Å². The lowest BCUT2D eigenvalue weighted by Crippen LogP contribution is -2.54. The summed E-state index contributed by atoms with van der Waals surface area (Å²) in [6.07, 6.45) is 0. The first kappa shape index (κ1) is 23.8. The number of hydrogen-bond acceptors (Lipinski definition) is 6. The molecular weight excluding hydrogens is 434 g/mol. The molecule has 0 atom stereocenters. The Hall–Kier alpha value is -1.85. The Morgan fingerprint density at radius 2 is 1.81 bits per heavy atom. The zero-order valence-corrected chi connectivity index (χ0v) is 20.2. The van der Waals surface area contributed by atoms with Gasteiger partial charge in [0.05, 0.1) is 12.2 Å². The van der Waals surface area contributed by atoms with E-state index in [-0.39, 0.29) is 12.5 Å². The first-order valence-corrected chi connectivity index (χ1v) is 12.8. The molecule has 8 nitrogen and oxygen atoms in total. The third kappa shape index (κ3) is 5.69. The third-order valence-corrected chi connectivity index (χ3v) is 8.55. The number of anilines is 1. The van der Waals surface area contributed by atoms with Gasteiger partial charge in [-0.3, -0.25) is 9.69 Å². The first-order valence-electron chi connectivity index (χ1n) is 10.5. The van der Waals surface area contributed by atoms with Gasteiger partial charge in [-0.05, 0) is 31.0 Å². The van der Waals surface area contributed by atoms with Crippen molar-refractivity contribution in [2.45, 2.75) is 27.7 Å². The molecule has 1 aliphatic heterocycles. The van der Waals surface area contributed by atoms with Gasteiger partial charge in [0.2, 0.25) is 5.91 Å². The standard InChI is InChI=1S/C21H31N5O3S2/c1-5-25(6-2)31(28,29)26-11-9-24(10-12-26)14-20(27)23-21-22-19(15-30-21)18-8-7-16(3)17(4)13-18/h7-8,13,15H,5-6,9-12,14H2,1-4H3,(H,22,23,27). The Balaban J connectivity index is 1.52. The lowest BCUT2D eigenvalue weighted by atomic mass is 10.1. The number of hydrogen-bond donors (Lipinski definition) is 1. The summed E-state index contributed by atoms with van der Waals surface area (Å²) in [5, 5.41) is 5.38. The molecule has 0 unspecified atom stereocenters. The fourth-order valence-electron chi connectivity index (χ4n) is 3.56. The van der Waals surface area contributed by atoms with Crippen LogP contribution in [0.4, 0.5) is 5.13 Å². The molecular formula is C21H31N5O3S2. The van der Waals surface area contributed by atoms with Gasteiger partial charge in [-0.1, -0.05) is 26.0 Å². The molecule has 170 valence electrons. The van der Waals surface area contributed by atoms with Gasteiger partial charge >= 0.3 is 0 Å². The van der Waals surface area contributed by atoms with Crippen molar-refractivity contribution in [1.82, 2.24) is 18.5 Å². The number of nitrogens with zero attached hydrogens (tertiary/aromatic N) is 4. The molecule has 0 radical (unpaired) electrons. The minimum atomic E-state index is -3.42. The molecule has 0 bridgehead atoms. The van der Waals surface area contributed by atoms with E-state index in [2.05, 4.69) is 36.3 Å². The number of carbonyl (C=O) groups excluding carboxylic acids is 1. The van der Waals surface area contributed by atoms with Crippen LogP contribution in [-0.2, 0) is 15.0 Å². The molecule has 1 amide bonds. The van der Waals surface area contributed by atoms with Crippen LogP contribution in [0.15, 0.2) is 23.6 Å². The SMILES string of the molecule is CCN(CC)S(=O)(=O)N1CCN(CC(=O)Nc2nc(-c3ccc(C)c(C)c3)cs2)CC1. The Morgan fingerprint density at radius 3 is 2.42 bits per heavy atom. The number of amides is 1. The topological polar surface area (TPSA) is 85.9 Å². The number of carbonyl (C=O) groups is 1. The molecule has 1 aromatic carbocycles. The third-order valence-electron chi connectivity index (χ3n) is 5.61. The van der Waals surface area contributed by atoms with Crippen LogP contribution < -0.4 is 5.32 Å². The molecule has 10 heteroatoms. The molecule has 1 aliphatic rings. The Labute approximate surface area is 189 Å². The van der Waals surface area contributed by atoms with Crippen molar-refractivity contribution >= 4 is 32.6 Å². The van der Waals surface area contributed by atoms with Crippen LogP contribution in [-0.4, -0.2) is 78.6 Å². The smallest absolute Gasteiger partial charge is 0.282 e. The number of thiazole rings is 1. The molecule has 0 aliphatic carbocycles. The predicted molar refractivity (Wildman–Crippen MR) is 126 cm³/mol. The summed E-state index contributed by atoms with van der Waals surface area (Å²) < 4.78 is 28.2. The van der Waals surface area contributed by atoms with E-state index in [1.165, 1.54) is 31.1 Å². The van der Waals surface area contributed by atoms with Gasteiger partial charge < -0.3 is 5.32 Å². The van der Waals surface area contributed by atoms with E-state index in [4.69, 9.17) is 0 Å². The van der Waals surface area contributed by atoms with Crippen molar-refractivity contribution in [3.63, 3.8) is 0 Å². The summed E-state index contributed by atoms with van der Waals surface area (Å²) >= 11 is 1.40. The normalized spacial score (nSPS) is 16.0. The second kappa shape index (κ2) is 10.2. The average molecular weight is 466 g/mol. The predicted octanol–water partition coefficient (Wildman–Crippen LogP) is 2.57. The summed E-state index contributed by atoms with van der Waals surface area (Å²) in [5.74, 6) is -0.138. The van der Waals surface area contributed by atoms with Crippen LogP contribution >= 0.6 is 11.3 Å². The number of aromatic nitrogens is 1. The number of nitrogens with one attached hydrogen (secondary N) is 1. The second-order valence-electron chi connectivity index (χ2n) is 7.65. The molecule has 3 rings (SSSR count). The number of aryl methyl sites for hydroxylation is 2. The lowest BCUT2D eigenvalue weighted by Gasteiger charge is -2.35. The van der Waals surface area contributed by atoms with Gasteiger partial charge in [-0.25, -0.2) is 4.98 Å². The van der Waals surface area contributed by atoms with Crippen LogP contribution in [0.25, 0.3) is 11.3 Å². The maximum Gasteiger partial charge on any atom is 0.282 e. The van der Waals surface area contributed by atoms with Gasteiger partial charge in [0.25, 0.3) is 10.2 Å². The summed E-state index contributed by atoms with van der Waals surface area (Å²) in [5.41, 5.74) is 4.32. The highest BCUT2D eigenvalue weighted by molar-refractivity contribution is 7.86. The van der Waals surface area contributed by atoms with Crippen LogP contribution in [0.3, 0.4) is 0 Å². The number of benzene rings is 1. The molecule has 2 heterocycles. The molecule has 2 aromatic rings. The fraction of sp³-hybridized carbons (Fsp3) is 0.524. The largest absolute Gasteiger partial charge is 0.301 e. The van der Waals surface area contributed by atoms with E-state index in [1.54, 1.807) is 0 Å². The first-order chi connectivity index (χ1) is 14.7. The van der Waals surface area contributed by atoms with E-state index in [0.717, 1.165) is 11.3 Å². The van der Waals surface area contributed by atoms with Gasteiger partial charge in [0.15, 0.2) is 5.13 Å². The summed E-state index contributed by atoms with van der Waals surface area (Å²) in [4.78, 5) is 19.0. The van der Waals surface area contributed by atoms with Gasteiger partial charge in [0.1, 0.15) is 0 Å². The Kier molecular flexibility index (Phi) is 7.82. The van der Waals surface area contributed by atoms with Gasteiger partial charge in [-0.2, -0.15) is 17.0 Å². The Bertz CT molecular complexity index is 1010. The highest BCUT2D eigenvalue weighted by Gasteiger charge is 2.31. The molecule has 1 fully saturated rings. The van der Waals surface area contributed by atoms with Crippen LogP contribution in [0.2, 0.25) is 0 Å². The highest BCUT2D eigenvalue weighted by atomic mass is 32.2. The van der Waals surface area contributed by atoms with Crippen molar-refractivity contribution in [3.05, 3.63) is 34.7 Å². The molecule has 1 N–H and O–H groups in total. The minimum absolute atomic E-state index is 0.138. The summed E-state index contributed by atoms with van der Waals surface area (Å²) in [6, 6.07) is 6.21. The van der Waals surface area contributed by atoms with Crippen LogP contribution in [0.5, 0.6) is 0 Å². The van der Waals surface area contributed by atoms with Crippen molar-refractivity contribution in [2.24, 2.45) is 0 Å². The van der Waals surface area contributed by atoms with Crippen molar-refractivity contribution in [2.75, 3.05) is 51.1 Å². The minimum Gasteiger partial charge on any atom is -0.301 e. The number of piperazine rings is 1. The van der Waals surface area contributed by atoms with Crippen LogP contribution in [0, 0.1) is 13.8 Å². The Morgan fingerprint density at radius 1 is 1.13 bits per heavy atom. The molecule has 1 saturated heterocycles. The van der Waals surface area contributed by atoms with E-state index in [9.17, 15) is 13.2 Å². The molecule has 0 saturated carbocycles. The van der Waals surface area contributed by atoms with Crippen molar-refractivity contribution in [3.8, 4) is 11.3 Å². The molecule has 1 aromatic heterocycles. The zero-order valence-electron chi connectivity index (χ0n) is 18.6. The maximum atomic E-state index is 12.6. The lowest BCUT2D eigenvalue weighted by molar-refractivity contribution is -0.117. The fourth-order valence-corrected chi connectivity index (χ4v) is 5.90.